The zero-order valence-electron chi connectivity index (χ0n) is 10.7. The number of nitrogens with one attached hydrogen (secondary N) is 1. The summed E-state index contributed by atoms with van der Waals surface area (Å²) in [4.78, 5) is 0. The van der Waals surface area contributed by atoms with Gasteiger partial charge >= 0.3 is 0 Å². The van der Waals surface area contributed by atoms with Gasteiger partial charge in [-0.25, -0.2) is 0 Å². The molecule has 0 aliphatic carbocycles. The van der Waals surface area contributed by atoms with Crippen molar-refractivity contribution in [2.24, 2.45) is 7.05 Å². The second-order valence-electron chi connectivity index (χ2n) is 3.78. The van der Waals surface area contributed by atoms with Crippen molar-refractivity contribution in [2.75, 3.05) is 19.5 Å². The van der Waals surface area contributed by atoms with Crippen molar-refractivity contribution in [3.8, 4) is 11.5 Å². The van der Waals surface area contributed by atoms with Crippen LogP contribution in [0.25, 0.3) is 0 Å². The Morgan fingerprint density at radius 2 is 2.11 bits per heavy atom. The summed E-state index contributed by atoms with van der Waals surface area (Å²) in [6, 6.07) is 5.60. The Labute approximate surface area is 106 Å². The minimum absolute atomic E-state index is 0.569. The molecule has 1 heterocycles. The number of anilines is 1. The highest BCUT2D eigenvalue weighted by Gasteiger charge is 2.06. The normalized spacial score (nSPS) is 10.2. The fraction of sp³-hybridized carbons (Fsp3) is 0.333. The quantitative estimate of drug-likeness (QED) is 0.867. The first-order valence-corrected chi connectivity index (χ1v) is 5.53. The van der Waals surface area contributed by atoms with Crippen LogP contribution in [0.15, 0.2) is 24.5 Å². The Kier molecular flexibility index (Phi) is 3.66. The van der Waals surface area contributed by atoms with E-state index >= 15 is 0 Å². The highest BCUT2D eigenvalue weighted by Crippen LogP contribution is 2.29. The van der Waals surface area contributed by atoms with Crippen LogP contribution in [0.1, 0.15) is 5.82 Å². The second kappa shape index (κ2) is 5.39. The Morgan fingerprint density at radius 3 is 2.72 bits per heavy atom. The van der Waals surface area contributed by atoms with E-state index < -0.39 is 0 Å². The third-order valence-electron chi connectivity index (χ3n) is 2.65. The van der Waals surface area contributed by atoms with E-state index in [1.807, 2.05) is 29.8 Å². The summed E-state index contributed by atoms with van der Waals surface area (Å²) in [6.45, 7) is 0.569. The Balaban J connectivity index is 2.14. The summed E-state index contributed by atoms with van der Waals surface area (Å²) in [7, 11) is 5.17. The van der Waals surface area contributed by atoms with E-state index in [0.717, 1.165) is 23.0 Å². The predicted molar refractivity (Wildman–Crippen MR) is 67.9 cm³/mol. The van der Waals surface area contributed by atoms with Crippen LogP contribution in [0.2, 0.25) is 0 Å². The largest absolute Gasteiger partial charge is 0.497 e. The maximum absolute atomic E-state index is 5.28. The smallest absolute Gasteiger partial charge is 0.151 e. The Bertz CT molecular complexity index is 525. The number of aryl methyl sites for hydroxylation is 1. The summed E-state index contributed by atoms with van der Waals surface area (Å²) in [5.74, 6) is 2.38. The first kappa shape index (κ1) is 12.2. The lowest BCUT2D eigenvalue weighted by Gasteiger charge is -2.12. The highest BCUT2D eigenvalue weighted by atomic mass is 16.5. The third-order valence-corrected chi connectivity index (χ3v) is 2.65. The van der Waals surface area contributed by atoms with Crippen molar-refractivity contribution in [1.82, 2.24) is 14.8 Å². The van der Waals surface area contributed by atoms with Gasteiger partial charge in [-0.2, -0.15) is 0 Å². The van der Waals surface area contributed by atoms with Gasteiger partial charge in [0.1, 0.15) is 17.8 Å². The van der Waals surface area contributed by atoms with Gasteiger partial charge in [-0.05, 0) is 12.1 Å². The zero-order valence-corrected chi connectivity index (χ0v) is 10.7. The molecule has 6 heteroatoms. The van der Waals surface area contributed by atoms with Gasteiger partial charge in [0, 0.05) is 13.1 Å². The summed E-state index contributed by atoms with van der Waals surface area (Å²) in [5, 5.41) is 11.1. The molecule has 1 N–H and O–H groups in total. The van der Waals surface area contributed by atoms with Crippen molar-refractivity contribution in [1.29, 1.82) is 0 Å². The summed E-state index contributed by atoms with van der Waals surface area (Å²) < 4.78 is 12.3. The lowest BCUT2D eigenvalue weighted by molar-refractivity contribution is 0.404. The van der Waals surface area contributed by atoms with Gasteiger partial charge in [-0.1, -0.05) is 0 Å². The molecule has 0 unspecified atom stereocenters. The molecular weight excluding hydrogens is 232 g/mol. The van der Waals surface area contributed by atoms with E-state index in [1.165, 1.54) is 0 Å². The number of nitrogens with zero attached hydrogens (tertiary/aromatic N) is 3. The lowest BCUT2D eigenvalue weighted by Crippen LogP contribution is -2.06. The van der Waals surface area contributed by atoms with E-state index in [2.05, 4.69) is 15.5 Å². The molecule has 0 aliphatic heterocycles. The van der Waals surface area contributed by atoms with Crippen LogP contribution in [-0.4, -0.2) is 29.0 Å². The number of benzene rings is 1. The molecule has 0 atom stereocenters. The van der Waals surface area contributed by atoms with Crippen LogP contribution >= 0.6 is 0 Å². The maximum Gasteiger partial charge on any atom is 0.151 e. The topological polar surface area (TPSA) is 61.2 Å². The number of rotatable bonds is 5. The molecule has 0 spiro atoms. The molecule has 18 heavy (non-hydrogen) atoms. The van der Waals surface area contributed by atoms with Crippen molar-refractivity contribution in [3.63, 3.8) is 0 Å². The summed E-state index contributed by atoms with van der Waals surface area (Å²) >= 11 is 0. The van der Waals surface area contributed by atoms with Crippen LogP contribution < -0.4 is 14.8 Å². The molecule has 0 saturated heterocycles. The SMILES string of the molecule is COc1ccc(OC)c(NCc2nncn2C)c1. The Morgan fingerprint density at radius 1 is 1.28 bits per heavy atom. The van der Waals surface area contributed by atoms with Gasteiger partial charge in [0.15, 0.2) is 5.82 Å². The van der Waals surface area contributed by atoms with Crippen molar-refractivity contribution in [3.05, 3.63) is 30.4 Å². The molecule has 0 aliphatic rings. The molecular formula is C12H16N4O2. The average molecular weight is 248 g/mol. The molecule has 1 aromatic carbocycles. The van der Waals surface area contributed by atoms with Gasteiger partial charge in [0.2, 0.25) is 0 Å². The highest BCUT2D eigenvalue weighted by molar-refractivity contribution is 5.59. The number of methoxy groups -OCH3 is 2. The van der Waals surface area contributed by atoms with E-state index in [0.29, 0.717) is 6.54 Å². The van der Waals surface area contributed by atoms with Crippen molar-refractivity contribution >= 4 is 5.69 Å². The molecule has 2 aromatic rings. The van der Waals surface area contributed by atoms with Crippen LogP contribution in [0.4, 0.5) is 5.69 Å². The number of aromatic nitrogens is 3. The second-order valence-corrected chi connectivity index (χ2v) is 3.78. The van der Waals surface area contributed by atoms with E-state index in [-0.39, 0.29) is 0 Å². The van der Waals surface area contributed by atoms with Gasteiger partial charge in [-0.15, -0.1) is 10.2 Å². The lowest BCUT2D eigenvalue weighted by atomic mass is 10.2. The molecule has 2 rings (SSSR count). The molecule has 0 bridgehead atoms. The molecule has 96 valence electrons. The maximum atomic E-state index is 5.28. The average Bonchev–Trinajstić information content (AvgIpc) is 2.81. The molecule has 0 amide bonds. The van der Waals surface area contributed by atoms with Crippen molar-refractivity contribution < 1.29 is 9.47 Å². The van der Waals surface area contributed by atoms with Gasteiger partial charge < -0.3 is 19.4 Å². The first-order chi connectivity index (χ1) is 8.74. The number of hydrogen-bond acceptors (Lipinski definition) is 5. The molecule has 6 nitrogen and oxygen atoms in total. The minimum atomic E-state index is 0.569. The van der Waals surface area contributed by atoms with E-state index in [4.69, 9.17) is 9.47 Å². The van der Waals surface area contributed by atoms with Gasteiger partial charge in [0.25, 0.3) is 0 Å². The zero-order chi connectivity index (χ0) is 13.0. The molecule has 1 aromatic heterocycles. The summed E-state index contributed by atoms with van der Waals surface area (Å²) in [5.41, 5.74) is 0.861. The van der Waals surface area contributed by atoms with Crippen LogP contribution in [-0.2, 0) is 13.6 Å². The fourth-order valence-corrected chi connectivity index (χ4v) is 1.59. The minimum Gasteiger partial charge on any atom is -0.497 e. The molecule has 0 radical (unpaired) electrons. The first-order valence-electron chi connectivity index (χ1n) is 5.53. The third kappa shape index (κ3) is 2.53. The van der Waals surface area contributed by atoms with Crippen LogP contribution in [0.5, 0.6) is 11.5 Å². The van der Waals surface area contributed by atoms with Crippen LogP contribution in [0.3, 0.4) is 0 Å². The van der Waals surface area contributed by atoms with Gasteiger partial charge in [0.05, 0.1) is 26.5 Å². The molecule has 0 saturated carbocycles. The number of hydrogen-bond donors (Lipinski definition) is 1. The standard InChI is InChI=1S/C12H16N4O2/c1-16-8-14-15-12(16)7-13-10-6-9(17-2)4-5-11(10)18-3/h4-6,8,13H,7H2,1-3H3. The van der Waals surface area contributed by atoms with Gasteiger partial charge in [-0.3, -0.25) is 0 Å². The predicted octanol–water partition coefficient (Wildman–Crippen LogP) is 1.44. The number of ether oxygens (including phenoxy) is 2. The van der Waals surface area contributed by atoms with E-state index in [9.17, 15) is 0 Å². The fourth-order valence-electron chi connectivity index (χ4n) is 1.59. The summed E-state index contributed by atoms with van der Waals surface area (Å²) in [6.07, 6.45) is 1.67. The van der Waals surface area contributed by atoms with Crippen molar-refractivity contribution in [2.45, 2.75) is 6.54 Å². The molecule has 0 fully saturated rings. The Hall–Kier alpha value is -2.24. The van der Waals surface area contributed by atoms with Crippen LogP contribution in [0, 0.1) is 0 Å². The van der Waals surface area contributed by atoms with E-state index in [1.54, 1.807) is 20.5 Å². The monoisotopic (exact) mass is 248 g/mol.